The topological polar surface area (TPSA) is 113 Å². The van der Waals surface area contributed by atoms with E-state index < -0.39 is 39.9 Å². The molecular formula is C12H15ClFN3O4S. The Morgan fingerprint density at radius 1 is 1.45 bits per heavy atom. The predicted molar refractivity (Wildman–Crippen MR) is 79.7 cm³/mol. The summed E-state index contributed by atoms with van der Waals surface area (Å²) in [6.45, 7) is -0.558. The van der Waals surface area contributed by atoms with Crippen LogP contribution in [0.5, 0.6) is 5.75 Å². The van der Waals surface area contributed by atoms with Gasteiger partial charge in [0.15, 0.2) is 5.82 Å². The van der Waals surface area contributed by atoms with Crippen molar-refractivity contribution < 1.29 is 22.7 Å². The molecule has 0 bridgehead atoms. The van der Waals surface area contributed by atoms with Gasteiger partial charge in [-0.15, -0.1) is 12.4 Å². The molecule has 1 atom stereocenters. The standard InChI is InChI=1S/C12H14FN3O4S.ClH/c13-11-8-4-7(14)2-1-6(8)3-9(17)12(11)16-5-10(18)15-21(16,19)20;/h3,7,17H,1-2,4-5,14H2,(H,15,18);1H/t7-;/m1./s1. The molecule has 1 amide bonds. The van der Waals surface area contributed by atoms with Crippen LogP contribution in [-0.4, -0.2) is 32.0 Å². The number of halogens is 2. The molecule has 3 rings (SSSR count). The van der Waals surface area contributed by atoms with E-state index in [9.17, 15) is 22.7 Å². The second-order valence-corrected chi connectivity index (χ2v) is 6.83. The van der Waals surface area contributed by atoms with Gasteiger partial charge in [0.1, 0.15) is 18.0 Å². The second-order valence-electron chi connectivity index (χ2n) is 5.24. The van der Waals surface area contributed by atoms with Crippen molar-refractivity contribution in [3.05, 3.63) is 23.0 Å². The minimum absolute atomic E-state index is 0. The Hall–Kier alpha value is -1.58. The van der Waals surface area contributed by atoms with E-state index in [4.69, 9.17) is 5.73 Å². The predicted octanol–water partition coefficient (Wildman–Crippen LogP) is -0.0499. The third kappa shape index (κ3) is 2.59. The van der Waals surface area contributed by atoms with E-state index >= 15 is 0 Å². The summed E-state index contributed by atoms with van der Waals surface area (Å²) in [4.78, 5) is 11.2. The summed E-state index contributed by atoms with van der Waals surface area (Å²) in [5.74, 6) is -2.11. The SMILES string of the molecule is Cl.N[C@@H]1CCc2cc(O)c(N3CC(=O)NS3(=O)=O)c(F)c2C1. The Morgan fingerprint density at radius 3 is 2.73 bits per heavy atom. The second kappa shape index (κ2) is 5.56. The van der Waals surface area contributed by atoms with Gasteiger partial charge in [-0.2, -0.15) is 8.42 Å². The zero-order chi connectivity index (χ0) is 15.4. The summed E-state index contributed by atoms with van der Waals surface area (Å²) in [6, 6.07) is 1.14. The molecule has 1 aliphatic heterocycles. The zero-order valence-corrected chi connectivity index (χ0v) is 13.0. The van der Waals surface area contributed by atoms with Crippen molar-refractivity contribution in [2.45, 2.75) is 25.3 Å². The lowest BCUT2D eigenvalue weighted by Gasteiger charge is -2.25. The molecule has 10 heteroatoms. The number of phenolic OH excluding ortho intramolecular Hbond substituents is 1. The first-order valence-corrected chi connectivity index (χ1v) is 7.85. The third-order valence-corrected chi connectivity index (χ3v) is 5.11. The van der Waals surface area contributed by atoms with Crippen LogP contribution in [0.2, 0.25) is 0 Å². The van der Waals surface area contributed by atoms with Crippen molar-refractivity contribution in [3.8, 4) is 5.75 Å². The largest absolute Gasteiger partial charge is 0.506 e. The maximum atomic E-state index is 14.6. The average Bonchev–Trinajstić information content (AvgIpc) is 2.64. The van der Waals surface area contributed by atoms with Crippen LogP contribution in [0.1, 0.15) is 17.5 Å². The Morgan fingerprint density at radius 2 is 2.14 bits per heavy atom. The fraction of sp³-hybridized carbons (Fsp3) is 0.417. The summed E-state index contributed by atoms with van der Waals surface area (Å²) in [6.07, 6.45) is 1.46. The van der Waals surface area contributed by atoms with Gasteiger partial charge in [0.25, 0.3) is 5.91 Å². The molecular weight excluding hydrogens is 337 g/mol. The van der Waals surface area contributed by atoms with Crippen molar-refractivity contribution in [2.24, 2.45) is 5.73 Å². The van der Waals surface area contributed by atoms with E-state index in [0.717, 1.165) is 0 Å². The molecule has 0 radical (unpaired) electrons. The summed E-state index contributed by atoms with van der Waals surface area (Å²) >= 11 is 0. The van der Waals surface area contributed by atoms with Gasteiger partial charge < -0.3 is 10.8 Å². The highest BCUT2D eigenvalue weighted by molar-refractivity contribution is 7.92. The maximum Gasteiger partial charge on any atom is 0.326 e. The molecule has 122 valence electrons. The molecule has 1 heterocycles. The smallest absolute Gasteiger partial charge is 0.326 e. The van der Waals surface area contributed by atoms with E-state index in [2.05, 4.69) is 0 Å². The lowest BCUT2D eigenvalue weighted by Crippen LogP contribution is -2.32. The van der Waals surface area contributed by atoms with E-state index in [1.165, 1.54) is 6.07 Å². The van der Waals surface area contributed by atoms with Gasteiger partial charge in [-0.1, -0.05) is 0 Å². The molecule has 4 N–H and O–H groups in total. The first-order valence-electron chi connectivity index (χ1n) is 6.41. The molecule has 1 aromatic carbocycles. The van der Waals surface area contributed by atoms with E-state index in [1.54, 1.807) is 4.72 Å². The van der Waals surface area contributed by atoms with Crippen LogP contribution in [0.25, 0.3) is 0 Å². The molecule has 0 aromatic heterocycles. The lowest BCUT2D eigenvalue weighted by molar-refractivity contribution is -0.117. The molecule has 0 spiro atoms. The number of phenols is 1. The van der Waals surface area contributed by atoms with Crippen molar-refractivity contribution in [1.29, 1.82) is 0 Å². The van der Waals surface area contributed by atoms with Crippen LogP contribution in [0.15, 0.2) is 6.07 Å². The van der Waals surface area contributed by atoms with Crippen molar-refractivity contribution in [1.82, 2.24) is 4.72 Å². The lowest BCUT2D eigenvalue weighted by atomic mass is 9.87. The van der Waals surface area contributed by atoms with Crippen LogP contribution in [0.3, 0.4) is 0 Å². The Balaban J connectivity index is 0.00000176. The van der Waals surface area contributed by atoms with Crippen LogP contribution in [0, 0.1) is 5.82 Å². The molecule has 2 aliphatic rings. The molecule has 1 fully saturated rings. The van der Waals surface area contributed by atoms with Crippen LogP contribution < -0.4 is 14.8 Å². The third-order valence-electron chi connectivity index (χ3n) is 3.73. The van der Waals surface area contributed by atoms with Gasteiger partial charge in [0.05, 0.1) is 0 Å². The molecule has 1 aliphatic carbocycles. The van der Waals surface area contributed by atoms with E-state index in [0.29, 0.717) is 28.3 Å². The minimum Gasteiger partial charge on any atom is -0.506 e. The number of nitrogens with zero attached hydrogens (tertiary/aromatic N) is 1. The quantitative estimate of drug-likeness (QED) is 0.656. The number of rotatable bonds is 1. The number of fused-ring (bicyclic) bond motifs is 1. The zero-order valence-electron chi connectivity index (χ0n) is 11.4. The molecule has 22 heavy (non-hydrogen) atoms. The molecule has 0 unspecified atom stereocenters. The first-order chi connectivity index (χ1) is 9.79. The molecule has 7 nitrogen and oxygen atoms in total. The number of anilines is 1. The van der Waals surface area contributed by atoms with Crippen molar-refractivity contribution in [2.75, 3.05) is 10.8 Å². The summed E-state index contributed by atoms with van der Waals surface area (Å²) in [5, 5.41) is 9.98. The Labute approximate surface area is 132 Å². The van der Waals surface area contributed by atoms with Gasteiger partial charge in [-0.25, -0.2) is 13.4 Å². The van der Waals surface area contributed by atoms with Crippen molar-refractivity contribution in [3.63, 3.8) is 0 Å². The summed E-state index contributed by atoms with van der Waals surface area (Å²) < 4.78 is 40.5. The monoisotopic (exact) mass is 351 g/mol. The molecule has 0 saturated carbocycles. The van der Waals surface area contributed by atoms with Crippen molar-refractivity contribution >= 4 is 34.2 Å². The number of hydrogen-bond donors (Lipinski definition) is 3. The van der Waals surface area contributed by atoms with Gasteiger partial charge >= 0.3 is 10.2 Å². The van der Waals surface area contributed by atoms with Crippen LogP contribution >= 0.6 is 12.4 Å². The van der Waals surface area contributed by atoms with Gasteiger partial charge in [-0.05, 0) is 36.5 Å². The summed E-state index contributed by atoms with van der Waals surface area (Å²) in [5.41, 5.74) is 6.23. The summed E-state index contributed by atoms with van der Waals surface area (Å²) in [7, 11) is -4.17. The number of nitrogens with one attached hydrogen (secondary N) is 1. The molecule has 1 saturated heterocycles. The maximum absolute atomic E-state index is 14.6. The van der Waals surface area contributed by atoms with Crippen LogP contribution in [0.4, 0.5) is 10.1 Å². The number of carbonyl (C=O) groups excluding carboxylic acids is 1. The van der Waals surface area contributed by atoms with Gasteiger partial charge in [0.2, 0.25) is 0 Å². The minimum atomic E-state index is -4.17. The van der Waals surface area contributed by atoms with E-state index in [1.807, 2.05) is 0 Å². The highest BCUT2D eigenvalue weighted by Gasteiger charge is 2.38. The first kappa shape index (κ1) is 16.8. The van der Waals surface area contributed by atoms with Crippen LogP contribution in [-0.2, 0) is 27.8 Å². The number of amides is 1. The molecule has 1 aromatic rings. The van der Waals surface area contributed by atoms with Gasteiger partial charge in [0, 0.05) is 6.04 Å². The number of aromatic hydroxyl groups is 1. The Bertz CT molecular complexity index is 740. The number of hydrogen-bond acceptors (Lipinski definition) is 5. The fourth-order valence-corrected chi connectivity index (χ4v) is 3.91. The Kier molecular flexibility index (Phi) is 4.24. The number of carbonyl (C=O) groups is 1. The fourth-order valence-electron chi connectivity index (χ4n) is 2.75. The average molecular weight is 352 g/mol. The number of benzene rings is 1. The van der Waals surface area contributed by atoms with Gasteiger partial charge in [-0.3, -0.25) is 4.79 Å². The number of nitrogens with two attached hydrogens (primary N) is 1. The number of aryl methyl sites for hydroxylation is 1. The normalized spacial score (nSPS) is 22.7. The highest BCUT2D eigenvalue weighted by atomic mass is 35.5. The highest BCUT2D eigenvalue weighted by Crippen LogP contribution is 2.39. The van der Waals surface area contributed by atoms with E-state index in [-0.39, 0.29) is 24.9 Å².